The van der Waals surface area contributed by atoms with Crippen LogP contribution in [0.3, 0.4) is 0 Å². The normalized spacial score (nSPS) is 24.5. The van der Waals surface area contributed by atoms with Crippen molar-refractivity contribution in [2.75, 3.05) is 17.2 Å². The molecule has 0 saturated carbocycles. The highest BCUT2D eigenvalue weighted by Gasteiger charge is 2.26. The molecular weight excluding hydrogens is 296 g/mol. The van der Waals surface area contributed by atoms with Crippen molar-refractivity contribution in [1.82, 2.24) is 0 Å². The van der Waals surface area contributed by atoms with Crippen LogP contribution in [-0.4, -0.2) is 23.6 Å². The molecule has 1 aromatic carbocycles. The van der Waals surface area contributed by atoms with Crippen molar-refractivity contribution in [3.63, 3.8) is 0 Å². The second kappa shape index (κ2) is 5.32. The van der Waals surface area contributed by atoms with Crippen molar-refractivity contribution in [3.8, 4) is 6.07 Å². The van der Waals surface area contributed by atoms with Gasteiger partial charge in [-0.2, -0.15) is 17.0 Å². The molecule has 0 N–H and O–H groups in total. The summed E-state index contributed by atoms with van der Waals surface area (Å²) in [7, 11) is 0. The highest BCUT2D eigenvalue weighted by Crippen LogP contribution is 2.34. The van der Waals surface area contributed by atoms with Crippen molar-refractivity contribution >= 4 is 33.4 Å². The molecule has 17 heavy (non-hydrogen) atoms. The van der Waals surface area contributed by atoms with Crippen molar-refractivity contribution in [1.29, 1.82) is 5.26 Å². The van der Waals surface area contributed by atoms with Gasteiger partial charge in [0, 0.05) is 28.1 Å². The molecule has 2 nitrogen and oxygen atoms in total. The van der Waals surface area contributed by atoms with Crippen molar-refractivity contribution in [3.05, 3.63) is 28.2 Å². The minimum Gasteiger partial charge on any atom is -0.366 e. The number of rotatable bonds is 1. The third kappa shape index (κ3) is 2.61. The van der Waals surface area contributed by atoms with Gasteiger partial charge in [0.05, 0.1) is 17.3 Å². The number of halogens is 1. The second-order valence-electron chi connectivity index (χ2n) is 4.29. The molecule has 2 atom stereocenters. The molecule has 1 aliphatic rings. The first-order valence-electron chi connectivity index (χ1n) is 5.71. The van der Waals surface area contributed by atoms with E-state index >= 15 is 0 Å². The van der Waals surface area contributed by atoms with Gasteiger partial charge >= 0.3 is 0 Å². The Labute approximate surface area is 115 Å². The molecule has 2 rings (SSSR count). The van der Waals surface area contributed by atoms with E-state index in [9.17, 15) is 0 Å². The molecule has 0 bridgehead atoms. The first-order chi connectivity index (χ1) is 8.13. The van der Waals surface area contributed by atoms with E-state index in [0.717, 1.165) is 16.8 Å². The minimum absolute atomic E-state index is 0.526. The molecule has 1 aromatic rings. The fourth-order valence-electron chi connectivity index (χ4n) is 2.08. The number of hydrogen-bond acceptors (Lipinski definition) is 3. The molecular formula is C13H15BrN2S. The number of hydrogen-bond donors (Lipinski definition) is 0. The highest BCUT2D eigenvalue weighted by molar-refractivity contribution is 9.10. The molecule has 0 spiro atoms. The van der Waals surface area contributed by atoms with E-state index in [1.165, 1.54) is 5.69 Å². The molecule has 1 saturated heterocycles. The van der Waals surface area contributed by atoms with E-state index in [-0.39, 0.29) is 0 Å². The molecule has 1 aliphatic heterocycles. The molecule has 0 aliphatic carbocycles. The molecule has 0 radical (unpaired) electrons. The lowest BCUT2D eigenvalue weighted by atomic mass is 10.1. The maximum atomic E-state index is 8.87. The van der Waals surface area contributed by atoms with Gasteiger partial charge in [0.15, 0.2) is 0 Å². The van der Waals surface area contributed by atoms with Crippen molar-refractivity contribution in [2.45, 2.75) is 25.1 Å². The minimum atomic E-state index is 0.526. The monoisotopic (exact) mass is 310 g/mol. The Morgan fingerprint density at radius 3 is 2.88 bits per heavy atom. The SMILES string of the molecule is CC1SCCN(c2ccc(C#N)cc2Br)C1C. The van der Waals surface area contributed by atoms with Gasteiger partial charge in [0.2, 0.25) is 0 Å². The van der Waals surface area contributed by atoms with E-state index < -0.39 is 0 Å². The van der Waals surface area contributed by atoms with Crippen LogP contribution in [0, 0.1) is 11.3 Å². The fourth-order valence-corrected chi connectivity index (χ4v) is 3.79. The van der Waals surface area contributed by atoms with Crippen LogP contribution >= 0.6 is 27.7 Å². The lowest BCUT2D eigenvalue weighted by molar-refractivity contribution is 0.626. The maximum absolute atomic E-state index is 8.87. The Morgan fingerprint density at radius 2 is 2.24 bits per heavy atom. The predicted molar refractivity (Wildman–Crippen MR) is 77.6 cm³/mol. The summed E-state index contributed by atoms with van der Waals surface area (Å²) in [4.78, 5) is 2.42. The first-order valence-corrected chi connectivity index (χ1v) is 7.55. The average molecular weight is 311 g/mol. The topological polar surface area (TPSA) is 27.0 Å². The molecule has 0 amide bonds. The van der Waals surface area contributed by atoms with Crippen LogP contribution < -0.4 is 4.90 Å². The molecule has 1 heterocycles. The summed E-state index contributed by atoms with van der Waals surface area (Å²) in [5.41, 5.74) is 1.90. The molecule has 4 heteroatoms. The number of anilines is 1. The van der Waals surface area contributed by atoms with Crippen molar-refractivity contribution < 1.29 is 0 Å². The van der Waals surface area contributed by atoms with E-state index in [0.29, 0.717) is 16.9 Å². The molecule has 90 valence electrons. The third-order valence-corrected chi connectivity index (χ3v) is 5.24. The van der Waals surface area contributed by atoms with Gasteiger partial charge in [-0.25, -0.2) is 0 Å². The van der Waals surface area contributed by atoms with Crippen LogP contribution in [0.15, 0.2) is 22.7 Å². The molecule has 2 unspecified atom stereocenters. The van der Waals surface area contributed by atoms with Gasteiger partial charge in [-0.1, -0.05) is 6.92 Å². The van der Waals surface area contributed by atoms with Crippen molar-refractivity contribution in [2.24, 2.45) is 0 Å². The zero-order valence-corrected chi connectivity index (χ0v) is 12.4. The third-order valence-electron chi connectivity index (χ3n) is 3.27. The summed E-state index contributed by atoms with van der Waals surface area (Å²) in [6.07, 6.45) is 0. The quantitative estimate of drug-likeness (QED) is 0.792. The molecule has 0 aromatic heterocycles. The molecule has 1 fully saturated rings. The summed E-state index contributed by atoms with van der Waals surface area (Å²) < 4.78 is 1.02. The van der Waals surface area contributed by atoms with Crippen LogP contribution in [0.4, 0.5) is 5.69 Å². The average Bonchev–Trinajstić information content (AvgIpc) is 2.33. The van der Waals surface area contributed by atoms with E-state index in [1.54, 1.807) is 0 Å². The van der Waals surface area contributed by atoms with Crippen LogP contribution in [-0.2, 0) is 0 Å². The number of nitrogens with zero attached hydrogens (tertiary/aromatic N) is 2. The van der Waals surface area contributed by atoms with Crippen LogP contribution in [0.1, 0.15) is 19.4 Å². The zero-order valence-electron chi connectivity index (χ0n) is 9.98. The highest BCUT2D eigenvalue weighted by atomic mass is 79.9. The second-order valence-corrected chi connectivity index (χ2v) is 6.63. The Morgan fingerprint density at radius 1 is 1.47 bits per heavy atom. The van der Waals surface area contributed by atoms with Gasteiger partial charge in [-0.3, -0.25) is 0 Å². The lowest BCUT2D eigenvalue weighted by Gasteiger charge is -2.39. The Kier molecular flexibility index (Phi) is 4.01. The summed E-state index contributed by atoms with van der Waals surface area (Å²) in [6.45, 7) is 5.61. The summed E-state index contributed by atoms with van der Waals surface area (Å²) in [5, 5.41) is 9.51. The van der Waals surface area contributed by atoms with Crippen LogP contribution in [0.5, 0.6) is 0 Å². The number of nitriles is 1. The van der Waals surface area contributed by atoms with Gasteiger partial charge in [-0.05, 0) is 41.1 Å². The fraction of sp³-hybridized carbons (Fsp3) is 0.462. The Bertz CT molecular complexity index is 455. The van der Waals surface area contributed by atoms with Gasteiger partial charge in [-0.15, -0.1) is 0 Å². The summed E-state index contributed by atoms with van der Waals surface area (Å²) >= 11 is 5.60. The van der Waals surface area contributed by atoms with Gasteiger partial charge in [0.1, 0.15) is 0 Å². The van der Waals surface area contributed by atoms with Gasteiger partial charge in [0.25, 0.3) is 0 Å². The predicted octanol–water partition coefficient (Wildman–Crippen LogP) is 3.65. The standard InChI is InChI=1S/C13H15BrN2S/c1-9-10(2)17-6-5-16(9)13-4-3-11(8-15)7-12(13)14/h3-4,7,9-10H,5-6H2,1-2H3. The first kappa shape index (κ1) is 12.8. The van der Waals surface area contributed by atoms with E-state index in [2.05, 4.69) is 40.7 Å². The van der Waals surface area contributed by atoms with E-state index in [1.807, 2.05) is 30.0 Å². The van der Waals surface area contributed by atoms with E-state index in [4.69, 9.17) is 5.26 Å². The number of thioether (sulfide) groups is 1. The smallest absolute Gasteiger partial charge is 0.0992 e. The summed E-state index contributed by atoms with van der Waals surface area (Å²) in [6, 6.07) is 8.52. The summed E-state index contributed by atoms with van der Waals surface area (Å²) in [5.74, 6) is 1.16. The van der Waals surface area contributed by atoms with Crippen LogP contribution in [0.2, 0.25) is 0 Å². The Hall–Kier alpha value is -0.660. The van der Waals surface area contributed by atoms with Gasteiger partial charge < -0.3 is 4.90 Å². The Balaban J connectivity index is 2.31. The zero-order chi connectivity index (χ0) is 12.4. The lowest BCUT2D eigenvalue weighted by Crippen LogP contribution is -2.44. The number of benzene rings is 1. The largest absolute Gasteiger partial charge is 0.366 e. The van der Waals surface area contributed by atoms with Crippen LogP contribution in [0.25, 0.3) is 0 Å². The maximum Gasteiger partial charge on any atom is 0.0992 e.